The van der Waals surface area contributed by atoms with Crippen molar-refractivity contribution in [3.05, 3.63) is 76.7 Å². The number of hydrogen-bond acceptors (Lipinski definition) is 2. The third-order valence-corrected chi connectivity index (χ3v) is 3.90. The van der Waals surface area contributed by atoms with E-state index in [1.165, 1.54) is 12.1 Å². The summed E-state index contributed by atoms with van der Waals surface area (Å²) >= 11 is 6.22. The summed E-state index contributed by atoms with van der Waals surface area (Å²) in [6.07, 6.45) is 0.846. The minimum atomic E-state index is -0.203. The minimum absolute atomic E-state index is 0.203. The van der Waals surface area contributed by atoms with Gasteiger partial charge in [-0.05, 0) is 42.8 Å². The van der Waals surface area contributed by atoms with Gasteiger partial charge in [0.1, 0.15) is 11.0 Å². The first-order chi connectivity index (χ1) is 10.7. The fourth-order valence-corrected chi connectivity index (χ4v) is 2.58. The number of hydrogen-bond donors (Lipinski definition) is 1. The van der Waals surface area contributed by atoms with Gasteiger partial charge in [-0.25, -0.2) is 9.37 Å². The van der Waals surface area contributed by atoms with Crippen molar-refractivity contribution in [2.45, 2.75) is 13.0 Å². The van der Waals surface area contributed by atoms with Gasteiger partial charge < -0.3 is 5.32 Å². The van der Waals surface area contributed by atoms with Gasteiger partial charge in [0.25, 0.3) is 0 Å². The van der Waals surface area contributed by atoms with Crippen molar-refractivity contribution in [3.8, 4) is 0 Å². The summed E-state index contributed by atoms with van der Waals surface area (Å²) in [6.45, 7) is 1.46. The zero-order valence-electron chi connectivity index (χ0n) is 12.0. The molecule has 0 atom stereocenters. The van der Waals surface area contributed by atoms with E-state index in [1.807, 2.05) is 36.4 Å². The van der Waals surface area contributed by atoms with Gasteiger partial charge in [0.05, 0.1) is 5.52 Å². The van der Waals surface area contributed by atoms with Crippen LogP contribution in [0.2, 0.25) is 5.15 Å². The fraction of sp³-hybridized carbons (Fsp3) is 0.167. The second kappa shape index (κ2) is 6.86. The first kappa shape index (κ1) is 14.9. The molecule has 1 aromatic heterocycles. The Morgan fingerprint density at radius 2 is 1.82 bits per heavy atom. The second-order valence-electron chi connectivity index (χ2n) is 5.18. The van der Waals surface area contributed by atoms with E-state index in [4.69, 9.17) is 11.6 Å². The largest absolute Gasteiger partial charge is 0.312 e. The molecule has 2 nitrogen and oxygen atoms in total. The smallest absolute Gasteiger partial charge is 0.134 e. The zero-order valence-corrected chi connectivity index (χ0v) is 12.8. The van der Waals surface area contributed by atoms with E-state index < -0.39 is 0 Å². The Balaban J connectivity index is 1.59. The van der Waals surface area contributed by atoms with E-state index in [0.717, 1.165) is 35.0 Å². The van der Waals surface area contributed by atoms with Crippen LogP contribution >= 0.6 is 11.6 Å². The topological polar surface area (TPSA) is 24.9 Å². The molecule has 112 valence electrons. The Labute approximate surface area is 134 Å². The van der Waals surface area contributed by atoms with Crippen LogP contribution in [-0.2, 0) is 13.0 Å². The van der Waals surface area contributed by atoms with Crippen LogP contribution in [0.5, 0.6) is 0 Å². The van der Waals surface area contributed by atoms with Crippen LogP contribution in [0.25, 0.3) is 10.9 Å². The van der Waals surface area contributed by atoms with Crippen molar-refractivity contribution < 1.29 is 4.39 Å². The molecule has 22 heavy (non-hydrogen) atoms. The highest BCUT2D eigenvalue weighted by Gasteiger charge is 2.04. The molecule has 1 N–H and O–H groups in total. The molecule has 0 saturated heterocycles. The Morgan fingerprint density at radius 3 is 2.64 bits per heavy atom. The number of fused-ring (bicyclic) bond motifs is 1. The van der Waals surface area contributed by atoms with Gasteiger partial charge in [0, 0.05) is 17.5 Å². The lowest BCUT2D eigenvalue weighted by Crippen LogP contribution is -2.17. The fourth-order valence-electron chi connectivity index (χ4n) is 2.37. The quantitative estimate of drug-likeness (QED) is 0.559. The predicted molar refractivity (Wildman–Crippen MR) is 88.6 cm³/mol. The molecule has 4 heteroatoms. The minimum Gasteiger partial charge on any atom is -0.312 e. The highest BCUT2D eigenvalue weighted by Crippen LogP contribution is 2.20. The van der Waals surface area contributed by atoms with Gasteiger partial charge >= 0.3 is 0 Å². The van der Waals surface area contributed by atoms with E-state index in [9.17, 15) is 4.39 Å². The van der Waals surface area contributed by atoms with Gasteiger partial charge in [0.2, 0.25) is 0 Å². The summed E-state index contributed by atoms with van der Waals surface area (Å²) in [5.41, 5.74) is 3.00. The molecule has 0 aliphatic carbocycles. The Morgan fingerprint density at radius 1 is 1.05 bits per heavy atom. The average Bonchev–Trinajstić information content (AvgIpc) is 2.53. The predicted octanol–water partition coefficient (Wildman–Crippen LogP) is 4.36. The highest BCUT2D eigenvalue weighted by atomic mass is 35.5. The van der Waals surface area contributed by atoms with Crippen LogP contribution < -0.4 is 5.32 Å². The van der Waals surface area contributed by atoms with E-state index in [0.29, 0.717) is 11.7 Å². The number of nitrogens with one attached hydrogen (secondary N) is 1. The Kier molecular flexibility index (Phi) is 4.66. The molecule has 0 amide bonds. The van der Waals surface area contributed by atoms with Crippen LogP contribution in [-0.4, -0.2) is 11.5 Å². The van der Waals surface area contributed by atoms with Crippen LogP contribution in [0.3, 0.4) is 0 Å². The van der Waals surface area contributed by atoms with Gasteiger partial charge in [-0.2, -0.15) is 0 Å². The molecule has 0 spiro atoms. The van der Waals surface area contributed by atoms with Crippen LogP contribution in [0.1, 0.15) is 11.1 Å². The normalized spacial score (nSPS) is 11.0. The van der Waals surface area contributed by atoms with Gasteiger partial charge in [-0.1, -0.05) is 41.9 Å². The van der Waals surface area contributed by atoms with Crippen LogP contribution in [0, 0.1) is 5.82 Å². The van der Waals surface area contributed by atoms with Crippen LogP contribution in [0.15, 0.2) is 54.6 Å². The molecule has 0 fully saturated rings. The van der Waals surface area contributed by atoms with Crippen molar-refractivity contribution in [1.82, 2.24) is 10.3 Å². The number of pyridine rings is 1. The van der Waals surface area contributed by atoms with Gasteiger partial charge in [-0.3, -0.25) is 0 Å². The lowest BCUT2D eigenvalue weighted by Gasteiger charge is -2.08. The number of aromatic nitrogens is 1. The molecule has 0 saturated carbocycles. The molecular formula is C18H16ClFN2. The molecule has 3 rings (SSSR count). The van der Waals surface area contributed by atoms with Crippen LogP contribution in [0.4, 0.5) is 4.39 Å². The van der Waals surface area contributed by atoms with E-state index in [-0.39, 0.29) is 5.82 Å². The van der Waals surface area contributed by atoms with Gasteiger partial charge in [0.15, 0.2) is 0 Å². The SMILES string of the molecule is Fc1ccc(CCNCc2cc3ccccc3nc2Cl)cc1. The number of nitrogens with zero attached hydrogens (tertiary/aromatic N) is 1. The average molecular weight is 315 g/mol. The molecule has 1 heterocycles. The van der Waals surface area contributed by atoms with Crippen molar-refractivity contribution in [2.24, 2.45) is 0 Å². The highest BCUT2D eigenvalue weighted by molar-refractivity contribution is 6.30. The number of para-hydroxylation sites is 1. The van der Waals surface area contributed by atoms with Crippen molar-refractivity contribution in [3.63, 3.8) is 0 Å². The molecule has 2 aromatic carbocycles. The third kappa shape index (κ3) is 3.62. The number of halogens is 2. The van der Waals surface area contributed by atoms with Crippen molar-refractivity contribution >= 4 is 22.5 Å². The van der Waals surface area contributed by atoms with E-state index in [2.05, 4.69) is 16.4 Å². The lowest BCUT2D eigenvalue weighted by molar-refractivity contribution is 0.626. The van der Waals surface area contributed by atoms with E-state index in [1.54, 1.807) is 0 Å². The third-order valence-electron chi connectivity index (χ3n) is 3.57. The molecule has 0 aliphatic heterocycles. The summed E-state index contributed by atoms with van der Waals surface area (Å²) < 4.78 is 12.8. The summed E-state index contributed by atoms with van der Waals surface area (Å²) in [6, 6.07) is 16.6. The number of rotatable bonds is 5. The molecule has 3 aromatic rings. The molecule has 0 bridgehead atoms. The number of benzene rings is 2. The maximum absolute atomic E-state index is 12.8. The molecule has 0 aliphatic rings. The molecular weight excluding hydrogens is 299 g/mol. The maximum atomic E-state index is 12.8. The maximum Gasteiger partial charge on any atom is 0.134 e. The lowest BCUT2D eigenvalue weighted by atomic mass is 10.1. The second-order valence-corrected chi connectivity index (χ2v) is 5.54. The van der Waals surface area contributed by atoms with Crippen molar-refractivity contribution in [1.29, 1.82) is 0 Å². The summed E-state index contributed by atoms with van der Waals surface area (Å²) in [5, 5.41) is 4.97. The summed E-state index contributed by atoms with van der Waals surface area (Å²) in [4.78, 5) is 4.41. The monoisotopic (exact) mass is 314 g/mol. The Bertz CT molecular complexity index is 772. The molecule has 0 radical (unpaired) electrons. The standard InChI is InChI=1S/C18H16ClFN2/c19-18-15(11-14-3-1-2-4-17(14)22-18)12-21-10-9-13-5-7-16(20)8-6-13/h1-8,11,21H,9-10,12H2. The Hall–Kier alpha value is -1.97. The van der Waals surface area contributed by atoms with Crippen molar-refractivity contribution in [2.75, 3.05) is 6.54 Å². The first-order valence-electron chi connectivity index (χ1n) is 7.22. The zero-order chi connectivity index (χ0) is 15.4. The van der Waals surface area contributed by atoms with Gasteiger partial charge in [-0.15, -0.1) is 0 Å². The summed E-state index contributed by atoms with van der Waals surface area (Å²) in [5.74, 6) is -0.203. The molecule has 0 unspecified atom stereocenters. The van der Waals surface area contributed by atoms with E-state index >= 15 is 0 Å². The summed E-state index contributed by atoms with van der Waals surface area (Å²) in [7, 11) is 0. The first-order valence-corrected chi connectivity index (χ1v) is 7.59.